The van der Waals surface area contributed by atoms with Crippen LogP contribution in [-0.4, -0.2) is 49.7 Å². The van der Waals surface area contributed by atoms with Crippen LogP contribution < -0.4 is 0 Å². The molecule has 5 N–H and O–H groups in total. The molecule has 30 heavy (non-hydrogen) atoms. The molecular weight excluding hydrogens is 396 g/mol. The van der Waals surface area contributed by atoms with E-state index < -0.39 is 41.4 Å². The molecule has 1 saturated carbocycles. The van der Waals surface area contributed by atoms with Gasteiger partial charge >= 0.3 is 11.9 Å². The number of carbonyl (C=O) groups is 2. The van der Waals surface area contributed by atoms with Gasteiger partial charge in [-0.3, -0.25) is 0 Å². The van der Waals surface area contributed by atoms with Crippen LogP contribution in [0.2, 0.25) is 0 Å². The Morgan fingerprint density at radius 3 is 1.50 bits per heavy atom. The highest BCUT2D eigenvalue weighted by Crippen LogP contribution is 2.36. The van der Waals surface area contributed by atoms with Gasteiger partial charge in [-0.15, -0.1) is 0 Å². The summed E-state index contributed by atoms with van der Waals surface area (Å²) in [5.41, 5.74) is 0.0166. The van der Waals surface area contributed by atoms with E-state index in [2.05, 4.69) is 0 Å². The number of carbonyl (C=O) groups excluding carboxylic acids is 2. The highest BCUT2D eigenvalue weighted by atomic mass is 16.6. The lowest BCUT2D eigenvalue weighted by atomic mass is 9.94. The van der Waals surface area contributed by atoms with Crippen LogP contribution in [0.3, 0.4) is 0 Å². The molecule has 0 unspecified atom stereocenters. The van der Waals surface area contributed by atoms with Gasteiger partial charge in [0.1, 0.15) is 23.7 Å². The summed E-state index contributed by atoms with van der Waals surface area (Å²) in [6.45, 7) is 1.50. The van der Waals surface area contributed by atoms with E-state index in [-0.39, 0.29) is 28.2 Å². The van der Waals surface area contributed by atoms with Crippen molar-refractivity contribution in [2.24, 2.45) is 0 Å². The van der Waals surface area contributed by atoms with Crippen LogP contribution >= 0.6 is 0 Å². The molecule has 0 heterocycles. The van der Waals surface area contributed by atoms with E-state index in [0.717, 1.165) is 25.0 Å². The highest BCUT2D eigenvalue weighted by molar-refractivity contribution is 5.92. The lowest BCUT2D eigenvalue weighted by Crippen LogP contribution is -2.37. The molecule has 2 aromatic rings. The summed E-state index contributed by atoms with van der Waals surface area (Å²) in [7, 11) is 0. The van der Waals surface area contributed by atoms with Crippen molar-refractivity contribution in [1.29, 1.82) is 0 Å². The maximum Gasteiger partial charge on any atom is 0.338 e. The summed E-state index contributed by atoms with van der Waals surface area (Å²) < 4.78 is 10.9. The number of benzene rings is 2. The normalized spacial score (nSPS) is 18.6. The topological polar surface area (TPSA) is 154 Å². The number of rotatable bonds is 4. The Kier molecular flexibility index (Phi) is 5.91. The molecule has 0 aliphatic heterocycles. The maximum absolute atomic E-state index is 12.5. The lowest BCUT2D eigenvalue weighted by molar-refractivity contribution is -0.0514. The van der Waals surface area contributed by atoms with Crippen molar-refractivity contribution in [1.82, 2.24) is 0 Å². The fourth-order valence-corrected chi connectivity index (χ4v) is 3.27. The van der Waals surface area contributed by atoms with Gasteiger partial charge in [-0.2, -0.15) is 0 Å². The summed E-state index contributed by atoms with van der Waals surface area (Å²) in [5, 5.41) is 48.1. The van der Waals surface area contributed by atoms with Gasteiger partial charge in [-0.05, 0) is 56.9 Å². The van der Waals surface area contributed by atoms with Crippen molar-refractivity contribution in [3.8, 4) is 28.7 Å². The summed E-state index contributed by atoms with van der Waals surface area (Å²) in [6.07, 6.45) is 0.853. The Morgan fingerprint density at radius 2 is 1.10 bits per heavy atom. The van der Waals surface area contributed by atoms with Crippen LogP contribution in [0.1, 0.15) is 52.0 Å². The minimum Gasteiger partial charge on any atom is -0.508 e. The van der Waals surface area contributed by atoms with Gasteiger partial charge in [0.2, 0.25) is 0 Å². The fraction of sp³-hybridized carbons (Fsp3) is 0.333. The molecule has 9 nitrogen and oxygen atoms in total. The zero-order valence-corrected chi connectivity index (χ0v) is 16.2. The van der Waals surface area contributed by atoms with Gasteiger partial charge in [0, 0.05) is 5.56 Å². The van der Waals surface area contributed by atoms with E-state index in [1.807, 2.05) is 0 Å². The molecule has 0 bridgehead atoms. The summed E-state index contributed by atoms with van der Waals surface area (Å²) in [4.78, 5) is 24.9. The van der Waals surface area contributed by atoms with E-state index in [0.29, 0.717) is 12.8 Å². The molecule has 9 heteroatoms. The van der Waals surface area contributed by atoms with E-state index in [1.165, 1.54) is 19.1 Å². The molecule has 2 aromatic carbocycles. The summed E-state index contributed by atoms with van der Waals surface area (Å²) in [5.74, 6) is -4.24. The van der Waals surface area contributed by atoms with Crippen LogP contribution in [0.15, 0.2) is 24.3 Å². The average Bonchev–Trinajstić information content (AvgIpc) is 2.70. The standard InChI is InChI=1S/C21H22O9/c1-10-13(22)6-11(7-14(10)23)20(27)29-17-4-2-3-5-18(17)30-21(28)12-8-15(24)19(26)16(25)9-12/h6-9,17-18,22-26H,2-5H2,1H3/t17-,18+/m1/s1. The molecule has 160 valence electrons. The second-order valence-electron chi connectivity index (χ2n) is 7.17. The Balaban J connectivity index is 1.73. The van der Waals surface area contributed by atoms with Crippen molar-refractivity contribution in [2.45, 2.75) is 44.8 Å². The minimum absolute atomic E-state index is 0.0420. The van der Waals surface area contributed by atoms with Gasteiger partial charge < -0.3 is 35.0 Å². The predicted molar refractivity (Wildman–Crippen MR) is 103 cm³/mol. The number of phenolic OH excluding ortho intramolecular Hbond substituents is 5. The maximum atomic E-state index is 12.5. The molecule has 1 fully saturated rings. The minimum atomic E-state index is -0.862. The Hall–Kier alpha value is -3.62. The van der Waals surface area contributed by atoms with E-state index in [9.17, 15) is 35.1 Å². The Labute approximate surface area is 171 Å². The van der Waals surface area contributed by atoms with Crippen LogP contribution in [0.25, 0.3) is 0 Å². The smallest absolute Gasteiger partial charge is 0.338 e. The molecule has 0 radical (unpaired) electrons. The predicted octanol–water partition coefficient (Wildman–Crippen LogP) is 2.85. The van der Waals surface area contributed by atoms with Crippen molar-refractivity contribution < 1.29 is 44.6 Å². The third kappa shape index (κ3) is 4.35. The molecule has 0 aromatic heterocycles. The second kappa shape index (κ2) is 8.40. The van der Waals surface area contributed by atoms with Gasteiger partial charge in [0.05, 0.1) is 11.1 Å². The van der Waals surface area contributed by atoms with E-state index >= 15 is 0 Å². The molecule has 0 spiro atoms. The van der Waals surface area contributed by atoms with Crippen LogP contribution in [0.4, 0.5) is 0 Å². The largest absolute Gasteiger partial charge is 0.508 e. The highest BCUT2D eigenvalue weighted by Gasteiger charge is 2.32. The zero-order chi connectivity index (χ0) is 22.0. The van der Waals surface area contributed by atoms with E-state index in [4.69, 9.17) is 9.47 Å². The van der Waals surface area contributed by atoms with Crippen molar-refractivity contribution in [3.63, 3.8) is 0 Å². The number of ether oxygens (including phenoxy) is 2. The van der Waals surface area contributed by atoms with Crippen molar-refractivity contribution in [2.75, 3.05) is 0 Å². The molecule has 1 aliphatic carbocycles. The fourth-order valence-electron chi connectivity index (χ4n) is 3.27. The van der Waals surface area contributed by atoms with E-state index in [1.54, 1.807) is 0 Å². The quantitative estimate of drug-likeness (QED) is 0.372. The first-order valence-electron chi connectivity index (χ1n) is 9.37. The first-order valence-corrected chi connectivity index (χ1v) is 9.37. The van der Waals surface area contributed by atoms with Crippen LogP contribution in [0, 0.1) is 6.92 Å². The lowest BCUT2D eigenvalue weighted by Gasteiger charge is -2.30. The monoisotopic (exact) mass is 418 g/mol. The summed E-state index contributed by atoms with van der Waals surface area (Å²) in [6, 6.07) is 4.28. The Morgan fingerprint density at radius 1 is 0.733 bits per heavy atom. The SMILES string of the molecule is Cc1c(O)cc(C(=O)O[C@@H]2CCCC[C@@H]2OC(=O)c2cc(O)c(O)c(O)c2)cc1O. The second-order valence-corrected chi connectivity index (χ2v) is 7.17. The molecule has 0 amide bonds. The molecule has 2 atom stereocenters. The number of hydrogen-bond donors (Lipinski definition) is 5. The van der Waals surface area contributed by atoms with Crippen LogP contribution in [0.5, 0.6) is 28.7 Å². The number of esters is 2. The van der Waals surface area contributed by atoms with Gasteiger partial charge in [0.25, 0.3) is 0 Å². The number of hydrogen-bond acceptors (Lipinski definition) is 9. The molecule has 3 rings (SSSR count). The van der Waals surface area contributed by atoms with Crippen molar-refractivity contribution in [3.05, 3.63) is 41.0 Å². The molecule has 1 aliphatic rings. The Bertz CT molecular complexity index is 857. The van der Waals surface area contributed by atoms with Gasteiger partial charge in [-0.25, -0.2) is 9.59 Å². The average molecular weight is 418 g/mol. The van der Waals surface area contributed by atoms with Crippen LogP contribution in [-0.2, 0) is 9.47 Å². The van der Waals surface area contributed by atoms with Gasteiger partial charge in [0.15, 0.2) is 17.2 Å². The number of aromatic hydroxyl groups is 5. The first kappa shape index (κ1) is 21.1. The van der Waals surface area contributed by atoms with Gasteiger partial charge in [-0.1, -0.05) is 0 Å². The molecular formula is C21H22O9. The molecule has 0 saturated heterocycles. The first-order chi connectivity index (χ1) is 14.2. The third-order valence-electron chi connectivity index (χ3n) is 5.05. The third-order valence-corrected chi connectivity index (χ3v) is 5.05. The zero-order valence-electron chi connectivity index (χ0n) is 16.2. The van der Waals surface area contributed by atoms with Crippen molar-refractivity contribution >= 4 is 11.9 Å². The number of phenols is 5. The summed E-state index contributed by atoms with van der Waals surface area (Å²) >= 11 is 0.